The number of ether oxygens (including phenoxy) is 1. The normalized spacial score (nSPS) is 26.0. The standard InChI is InChI=1S/C27H33F3N4O4/c1-26(2,3)38-25(37)32-22(24(36)33-12-4-5-21(33)15-31)17-13-19-10-11-20(14-17)34(19)23(35)16-6-8-18(9-7-16)27(28,29)30/h6-9,17,19-22H,4-5,10-14H2,1-3H3,(H,32,37)/t17?,19?,20?,21-,22-/m0/s1. The molecule has 4 rings (SSSR count). The molecular formula is C27H33F3N4O4. The van der Waals surface area contributed by atoms with Crippen LogP contribution in [0.2, 0.25) is 0 Å². The van der Waals surface area contributed by atoms with Gasteiger partial charge in [-0.25, -0.2) is 4.79 Å². The molecule has 0 aliphatic carbocycles. The van der Waals surface area contributed by atoms with Gasteiger partial charge in [0.05, 0.1) is 11.6 Å². The highest BCUT2D eigenvalue weighted by Crippen LogP contribution is 2.41. The van der Waals surface area contributed by atoms with Gasteiger partial charge in [0.15, 0.2) is 0 Å². The number of nitriles is 1. The molecule has 3 heterocycles. The van der Waals surface area contributed by atoms with Crippen molar-refractivity contribution in [3.63, 3.8) is 0 Å². The second kappa shape index (κ2) is 10.5. The van der Waals surface area contributed by atoms with E-state index in [9.17, 15) is 32.8 Å². The number of carbonyl (C=O) groups is 3. The quantitative estimate of drug-likeness (QED) is 0.613. The van der Waals surface area contributed by atoms with Gasteiger partial charge >= 0.3 is 12.3 Å². The highest BCUT2D eigenvalue weighted by atomic mass is 19.4. The third-order valence-electron chi connectivity index (χ3n) is 7.56. The van der Waals surface area contributed by atoms with Gasteiger partial charge in [-0.1, -0.05) is 0 Å². The molecule has 2 unspecified atom stereocenters. The van der Waals surface area contributed by atoms with Crippen LogP contribution in [0.25, 0.3) is 0 Å². The molecule has 2 bridgehead atoms. The second-order valence-electron chi connectivity index (χ2n) is 11.3. The van der Waals surface area contributed by atoms with Gasteiger partial charge in [-0.3, -0.25) is 9.59 Å². The van der Waals surface area contributed by atoms with E-state index in [4.69, 9.17) is 4.74 Å². The van der Waals surface area contributed by atoms with Gasteiger partial charge in [0.25, 0.3) is 5.91 Å². The summed E-state index contributed by atoms with van der Waals surface area (Å²) in [7, 11) is 0. The number of hydrogen-bond donors (Lipinski definition) is 1. The van der Waals surface area contributed by atoms with Crippen LogP contribution in [0.15, 0.2) is 24.3 Å². The zero-order valence-corrected chi connectivity index (χ0v) is 21.8. The van der Waals surface area contributed by atoms with Crippen LogP contribution in [0, 0.1) is 17.2 Å². The van der Waals surface area contributed by atoms with Gasteiger partial charge in [0.1, 0.15) is 17.7 Å². The van der Waals surface area contributed by atoms with Crippen molar-refractivity contribution in [2.24, 2.45) is 5.92 Å². The number of fused-ring (bicyclic) bond motifs is 2. The molecular weight excluding hydrogens is 501 g/mol. The second-order valence-corrected chi connectivity index (χ2v) is 11.3. The first-order valence-corrected chi connectivity index (χ1v) is 13.0. The Hall–Kier alpha value is -3.29. The molecule has 3 fully saturated rings. The number of carbonyl (C=O) groups excluding carboxylic acids is 3. The van der Waals surface area contributed by atoms with Crippen molar-refractivity contribution in [2.45, 2.75) is 95.2 Å². The van der Waals surface area contributed by atoms with Gasteiger partial charge < -0.3 is 19.9 Å². The number of nitrogens with zero attached hydrogens (tertiary/aromatic N) is 3. The molecule has 206 valence electrons. The number of hydrogen-bond acceptors (Lipinski definition) is 5. The van der Waals surface area contributed by atoms with E-state index in [0.29, 0.717) is 45.1 Å². The SMILES string of the molecule is CC(C)(C)OC(=O)N[C@H](C(=O)N1CCC[C@H]1C#N)C1CC2CCC(C1)N2C(=O)c1ccc(C(F)(F)F)cc1. The summed E-state index contributed by atoms with van der Waals surface area (Å²) < 4.78 is 44.3. The fraction of sp³-hybridized carbons (Fsp3) is 0.630. The van der Waals surface area contributed by atoms with E-state index in [1.54, 1.807) is 25.7 Å². The van der Waals surface area contributed by atoms with Crippen LogP contribution in [-0.2, 0) is 15.7 Å². The van der Waals surface area contributed by atoms with E-state index < -0.39 is 35.5 Å². The molecule has 1 aromatic carbocycles. The Morgan fingerprint density at radius 2 is 1.66 bits per heavy atom. The van der Waals surface area contributed by atoms with Crippen molar-refractivity contribution in [3.8, 4) is 6.07 Å². The number of benzene rings is 1. The maximum Gasteiger partial charge on any atom is 0.416 e. The Balaban J connectivity index is 1.52. The number of alkyl halides is 3. The van der Waals surface area contributed by atoms with E-state index in [2.05, 4.69) is 11.4 Å². The lowest BCUT2D eigenvalue weighted by molar-refractivity contribution is -0.137. The first-order valence-electron chi connectivity index (χ1n) is 13.0. The first-order chi connectivity index (χ1) is 17.8. The van der Waals surface area contributed by atoms with Crippen LogP contribution >= 0.6 is 0 Å². The summed E-state index contributed by atoms with van der Waals surface area (Å²) in [4.78, 5) is 42.9. The zero-order chi connectivity index (χ0) is 27.8. The van der Waals surface area contributed by atoms with Gasteiger partial charge in [-0.15, -0.1) is 0 Å². The van der Waals surface area contributed by atoms with Crippen molar-refractivity contribution < 1.29 is 32.3 Å². The summed E-state index contributed by atoms with van der Waals surface area (Å²) >= 11 is 0. The number of likely N-dealkylation sites (tertiary alicyclic amines) is 1. The summed E-state index contributed by atoms with van der Waals surface area (Å²) in [6.07, 6.45) is -1.64. The Kier molecular flexibility index (Phi) is 7.64. The summed E-state index contributed by atoms with van der Waals surface area (Å²) in [5.74, 6) is -0.951. The number of nitrogens with one attached hydrogen (secondary N) is 1. The predicted octanol–water partition coefficient (Wildman–Crippen LogP) is 4.50. The molecule has 38 heavy (non-hydrogen) atoms. The minimum absolute atomic E-state index is 0.182. The molecule has 0 spiro atoms. The van der Waals surface area contributed by atoms with Crippen LogP contribution in [0.1, 0.15) is 75.2 Å². The molecule has 3 aliphatic heterocycles. The molecule has 3 amide bonds. The minimum atomic E-state index is -4.48. The zero-order valence-electron chi connectivity index (χ0n) is 21.8. The molecule has 1 N–H and O–H groups in total. The highest BCUT2D eigenvalue weighted by molar-refractivity contribution is 5.95. The maximum atomic E-state index is 13.6. The van der Waals surface area contributed by atoms with Crippen molar-refractivity contribution >= 4 is 17.9 Å². The average molecular weight is 535 g/mol. The Morgan fingerprint density at radius 3 is 2.18 bits per heavy atom. The fourth-order valence-corrected chi connectivity index (χ4v) is 5.93. The van der Waals surface area contributed by atoms with Gasteiger partial charge in [-0.2, -0.15) is 18.4 Å². The lowest BCUT2D eigenvalue weighted by atomic mass is 9.83. The van der Waals surface area contributed by atoms with Crippen molar-refractivity contribution in [2.75, 3.05) is 6.54 Å². The molecule has 8 nitrogen and oxygen atoms in total. The predicted molar refractivity (Wildman–Crippen MR) is 131 cm³/mol. The maximum absolute atomic E-state index is 13.6. The van der Waals surface area contributed by atoms with Crippen molar-refractivity contribution in [1.82, 2.24) is 15.1 Å². The van der Waals surface area contributed by atoms with Crippen molar-refractivity contribution in [1.29, 1.82) is 5.26 Å². The van der Waals surface area contributed by atoms with Gasteiger partial charge in [0.2, 0.25) is 5.91 Å². The van der Waals surface area contributed by atoms with Crippen LogP contribution in [0.4, 0.5) is 18.0 Å². The highest BCUT2D eigenvalue weighted by Gasteiger charge is 2.48. The first kappa shape index (κ1) is 27.7. The summed E-state index contributed by atoms with van der Waals surface area (Å²) in [6, 6.07) is 4.48. The lowest BCUT2D eigenvalue weighted by Gasteiger charge is -2.42. The van der Waals surface area contributed by atoms with E-state index in [1.807, 2.05) is 0 Å². The number of rotatable bonds is 4. The Labute approximate surface area is 220 Å². The fourth-order valence-electron chi connectivity index (χ4n) is 5.93. The summed E-state index contributed by atoms with van der Waals surface area (Å²) in [6.45, 7) is 5.60. The lowest BCUT2D eigenvalue weighted by Crippen LogP contribution is -2.58. The molecule has 0 aromatic heterocycles. The Bertz CT molecular complexity index is 1100. The van der Waals surface area contributed by atoms with Crippen LogP contribution in [0.5, 0.6) is 0 Å². The molecule has 1 aromatic rings. The van der Waals surface area contributed by atoms with Gasteiger partial charge in [0, 0.05) is 24.2 Å². The number of alkyl carbamates (subject to hydrolysis) is 1. The van der Waals surface area contributed by atoms with Gasteiger partial charge in [-0.05, 0) is 89.5 Å². The summed E-state index contributed by atoms with van der Waals surface area (Å²) in [5.41, 5.74) is -1.40. The minimum Gasteiger partial charge on any atom is -0.444 e. The molecule has 3 aliphatic rings. The number of amides is 3. The molecule has 0 saturated carbocycles. The van der Waals surface area contributed by atoms with E-state index >= 15 is 0 Å². The smallest absolute Gasteiger partial charge is 0.416 e. The van der Waals surface area contributed by atoms with Crippen LogP contribution in [-0.4, -0.2) is 64.0 Å². The third-order valence-corrected chi connectivity index (χ3v) is 7.56. The molecule has 4 atom stereocenters. The topological polar surface area (TPSA) is 103 Å². The molecule has 3 saturated heterocycles. The van der Waals surface area contributed by atoms with E-state index in [1.165, 1.54) is 17.0 Å². The molecule has 11 heteroatoms. The van der Waals surface area contributed by atoms with E-state index in [-0.39, 0.29) is 35.4 Å². The number of piperidine rings is 1. The van der Waals surface area contributed by atoms with Crippen LogP contribution in [0.3, 0.4) is 0 Å². The third kappa shape index (κ3) is 5.89. The van der Waals surface area contributed by atoms with Crippen molar-refractivity contribution in [3.05, 3.63) is 35.4 Å². The average Bonchev–Trinajstić information content (AvgIpc) is 3.41. The Morgan fingerprint density at radius 1 is 1.05 bits per heavy atom. The number of halogens is 3. The molecule has 0 radical (unpaired) electrons. The largest absolute Gasteiger partial charge is 0.444 e. The van der Waals surface area contributed by atoms with Crippen LogP contribution < -0.4 is 5.32 Å². The monoisotopic (exact) mass is 534 g/mol. The summed E-state index contributed by atoms with van der Waals surface area (Å²) in [5, 5.41) is 12.3. The van der Waals surface area contributed by atoms with E-state index in [0.717, 1.165) is 12.1 Å².